The largest absolute Gasteiger partial charge is 0.456 e. The van der Waals surface area contributed by atoms with Gasteiger partial charge in [-0.2, -0.15) is 0 Å². The topological polar surface area (TPSA) is 35.5 Å². The third-order valence-electron chi connectivity index (χ3n) is 6.21. The molecule has 0 unspecified atom stereocenters. The Bertz CT molecular complexity index is 416. The lowest BCUT2D eigenvalue weighted by Crippen LogP contribution is -2.74. The van der Waals surface area contributed by atoms with E-state index in [2.05, 4.69) is 6.92 Å². The van der Waals surface area contributed by atoms with Crippen molar-refractivity contribution in [2.45, 2.75) is 51.2 Å². The van der Waals surface area contributed by atoms with Crippen molar-refractivity contribution >= 4 is 5.97 Å². The van der Waals surface area contributed by atoms with Crippen LogP contribution in [0.2, 0.25) is 0 Å². The summed E-state index contributed by atoms with van der Waals surface area (Å²) in [5, 5.41) is 0. The standard InChI is InChI=1S/C14H20O3/c1-12(2)14-10-8(7-16-14)5-4-6-9(10)13(14,3)11(15)17-12/h8-10H,4-7H2,1-3H3/t8-,9-,10+,13-,14-/m0/s1. The number of hydrogen-bond acceptors (Lipinski definition) is 3. The second kappa shape index (κ2) is 2.56. The Kier molecular flexibility index (Phi) is 1.56. The second-order valence-electron chi connectivity index (χ2n) is 6.97. The summed E-state index contributed by atoms with van der Waals surface area (Å²) < 4.78 is 11.9. The van der Waals surface area contributed by atoms with Gasteiger partial charge in [0.25, 0.3) is 0 Å². The molecule has 17 heavy (non-hydrogen) atoms. The highest BCUT2D eigenvalue weighted by Gasteiger charge is 2.87. The van der Waals surface area contributed by atoms with Gasteiger partial charge in [-0.3, -0.25) is 4.79 Å². The van der Waals surface area contributed by atoms with Crippen molar-refractivity contribution in [2.24, 2.45) is 23.2 Å². The van der Waals surface area contributed by atoms with Gasteiger partial charge in [-0.15, -0.1) is 0 Å². The molecule has 0 amide bonds. The van der Waals surface area contributed by atoms with Crippen LogP contribution in [0, 0.1) is 23.2 Å². The van der Waals surface area contributed by atoms with E-state index in [0.29, 0.717) is 17.8 Å². The first-order chi connectivity index (χ1) is 7.95. The van der Waals surface area contributed by atoms with Crippen molar-refractivity contribution in [1.82, 2.24) is 0 Å². The van der Waals surface area contributed by atoms with Crippen molar-refractivity contribution in [2.75, 3.05) is 6.61 Å². The zero-order valence-electron chi connectivity index (χ0n) is 10.8. The van der Waals surface area contributed by atoms with Crippen LogP contribution in [0.15, 0.2) is 0 Å². The van der Waals surface area contributed by atoms with Crippen LogP contribution in [0.1, 0.15) is 40.0 Å². The molecule has 1 spiro atoms. The van der Waals surface area contributed by atoms with E-state index >= 15 is 0 Å². The van der Waals surface area contributed by atoms with Gasteiger partial charge in [0.2, 0.25) is 0 Å². The highest BCUT2D eigenvalue weighted by atomic mass is 16.6. The van der Waals surface area contributed by atoms with Crippen LogP contribution in [0.5, 0.6) is 0 Å². The molecule has 94 valence electrons. The molecule has 2 saturated carbocycles. The molecule has 2 aliphatic carbocycles. The van der Waals surface area contributed by atoms with Gasteiger partial charge in [-0.1, -0.05) is 6.42 Å². The molecular formula is C14H20O3. The molecule has 4 fully saturated rings. The number of carbonyl (C=O) groups excluding carboxylic acids is 1. The summed E-state index contributed by atoms with van der Waals surface area (Å²) in [5.74, 6) is 1.70. The van der Waals surface area contributed by atoms with Gasteiger partial charge < -0.3 is 9.47 Å². The molecule has 0 aromatic heterocycles. The fraction of sp³-hybridized carbons (Fsp3) is 0.929. The number of ether oxygens (including phenoxy) is 2. The summed E-state index contributed by atoms with van der Waals surface area (Å²) in [7, 11) is 0. The Hall–Kier alpha value is -0.570. The summed E-state index contributed by atoms with van der Waals surface area (Å²) in [4.78, 5) is 12.3. The zero-order valence-corrected chi connectivity index (χ0v) is 10.8. The molecule has 0 aromatic carbocycles. The Morgan fingerprint density at radius 2 is 2.00 bits per heavy atom. The molecule has 2 saturated heterocycles. The van der Waals surface area contributed by atoms with Crippen LogP contribution in [-0.2, 0) is 14.3 Å². The van der Waals surface area contributed by atoms with E-state index in [1.807, 2.05) is 13.8 Å². The minimum Gasteiger partial charge on any atom is -0.456 e. The van der Waals surface area contributed by atoms with E-state index in [4.69, 9.17) is 9.47 Å². The quantitative estimate of drug-likeness (QED) is 0.604. The summed E-state index contributed by atoms with van der Waals surface area (Å²) in [5.41, 5.74) is -1.16. The van der Waals surface area contributed by atoms with Gasteiger partial charge >= 0.3 is 5.97 Å². The Morgan fingerprint density at radius 1 is 1.24 bits per heavy atom. The first-order valence-corrected chi connectivity index (χ1v) is 6.82. The molecule has 5 atom stereocenters. The van der Waals surface area contributed by atoms with Crippen LogP contribution in [0.25, 0.3) is 0 Å². The van der Waals surface area contributed by atoms with Crippen molar-refractivity contribution in [3.63, 3.8) is 0 Å². The van der Waals surface area contributed by atoms with Crippen LogP contribution >= 0.6 is 0 Å². The molecule has 3 nitrogen and oxygen atoms in total. The zero-order chi connectivity index (χ0) is 12.1. The Morgan fingerprint density at radius 3 is 2.76 bits per heavy atom. The van der Waals surface area contributed by atoms with Crippen molar-refractivity contribution in [3.05, 3.63) is 0 Å². The minimum atomic E-state index is -0.452. The van der Waals surface area contributed by atoms with E-state index in [1.165, 1.54) is 19.3 Å². The summed E-state index contributed by atoms with van der Waals surface area (Å²) in [6, 6.07) is 0. The molecule has 2 heterocycles. The van der Waals surface area contributed by atoms with E-state index in [0.717, 1.165) is 6.61 Å². The maximum absolute atomic E-state index is 12.3. The maximum Gasteiger partial charge on any atom is 0.315 e. The van der Waals surface area contributed by atoms with Crippen LogP contribution in [0.4, 0.5) is 0 Å². The Labute approximate surface area is 102 Å². The molecule has 0 aromatic rings. The van der Waals surface area contributed by atoms with Crippen molar-refractivity contribution < 1.29 is 14.3 Å². The lowest BCUT2D eigenvalue weighted by molar-refractivity contribution is -0.252. The van der Waals surface area contributed by atoms with Gasteiger partial charge in [0.05, 0.1) is 6.61 Å². The number of rotatable bonds is 0. The van der Waals surface area contributed by atoms with E-state index in [9.17, 15) is 4.79 Å². The van der Waals surface area contributed by atoms with Gasteiger partial charge in [-0.25, -0.2) is 0 Å². The number of fused-ring (bicyclic) bond motifs is 1. The van der Waals surface area contributed by atoms with Crippen LogP contribution < -0.4 is 0 Å². The van der Waals surface area contributed by atoms with Crippen molar-refractivity contribution in [1.29, 1.82) is 0 Å². The summed E-state index contributed by atoms with van der Waals surface area (Å²) in [6.45, 7) is 6.97. The number of hydrogen-bond donors (Lipinski definition) is 0. The minimum absolute atomic E-state index is 0.0219. The molecule has 3 heteroatoms. The lowest BCUT2D eigenvalue weighted by atomic mass is 9.38. The Balaban J connectivity index is 1.91. The van der Waals surface area contributed by atoms with E-state index < -0.39 is 5.60 Å². The highest BCUT2D eigenvalue weighted by Crippen LogP contribution is 2.76. The third-order valence-corrected chi connectivity index (χ3v) is 6.21. The highest BCUT2D eigenvalue weighted by molar-refractivity contribution is 5.85. The summed E-state index contributed by atoms with van der Waals surface area (Å²) >= 11 is 0. The van der Waals surface area contributed by atoms with Crippen LogP contribution in [0.3, 0.4) is 0 Å². The summed E-state index contributed by atoms with van der Waals surface area (Å²) in [6.07, 6.45) is 3.69. The average Bonchev–Trinajstić information content (AvgIpc) is 2.70. The molecule has 2 aliphatic heterocycles. The van der Waals surface area contributed by atoms with Gasteiger partial charge in [0.15, 0.2) is 0 Å². The molecule has 4 rings (SSSR count). The smallest absolute Gasteiger partial charge is 0.315 e. The monoisotopic (exact) mass is 236 g/mol. The maximum atomic E-state index is 12.3. The van der Waals surface area contributed by atoms with Gasteiger partial charge in [0, 0.05) is 5.92 Å². The molecule has 4 aliphatic rings. The third kappa shape index (κ3) is 0.762. The van der Waals surface area contributed by atoms with E-state index in [-0.39, 0.29) is 17.0 Å². The fourth-order valence-electron chi connectivity index (χ4n) is 5.66. The molecular weight excluding hydrogens is 216 g/mol. The predicted octanol–water partition coefficient (Wildman–Crippen LogP) is 2.14. The number of carbonyl (C=O) groups is 1. The SMILES string of the molecule is CC1(C)OC(=O)[C@]2(C)[C@H]3CCC[C@H]4CO[C@@]12[C@H]43. The molecule has 0 bridgehead atoms. The second-order valence-corrected chi connectivity index (χ2v) is 6.97. The average molecular weight is 236 g/mol. The first-order valence-electron chi connectivity index (χ1n) is 6.82. The van der Waals surface area contributed by atoms with Gasteiger partial charge in [0.1, 0.15) is 16.6 Å². The fourth-order valence-corrected chi connectivity index (χ4v) is 5.66. The van der Waals surface area contributed by atoms with E-state index in [1.54, 1.807) is 0 Å². The van der Waals surface area contributed by atoms with Gasteiger partial charge in [-0.05, 0) is 45.4 Å². The number of cyclic esters (lactones) is 1. The van der Waals surface area contributed by atoms with Crippen LogP contribution in [-0.4, -0.2) is 23.8 Å². The molecule has 0 radical (unpaired) electrons. The first kappa shape index (κ1) is 10.4. The van der Waals surface area contributed by atoms with Crippen molar-refractivity contribution in [3.8, 4) is 0 Å². The number of esters is 1. The normalized spacial score (nSPS) is 58.1. The lowest BCUT2D eigenvalue weighted by Gasteiger charge is -2.63. The molecule has 0 N–H and O–H groups in total. The predicted molar refractivity (Wildman–Crippen MR) is 61.3 cm³/mol.